The van der Waals surface area contributed by atoms with Gasteiger partial charge in [0, 0.05) is 24.6 Å². The lowest BCUT2D eigenvalue weighted by atomic mass is 9.93. The highest BCUT2D eigenvalue weighted by molar-refractivity contribution is 5.95. The van der Waals surface area contributed by atoms with Crippen molar-refractivity contribution >= 4 is 22.6 Å². The Bertz CT molecular complexity index is 1060. The molecule has 30 heavy (non-hydrogen) atoms. The van der Waals surface area contributed by atoms with Crippen molar-refractivity contribution in [2.24, 2.45) is 5.92 Å². The van der Waals surface area contributed by atoms with E-state index in [0.717, 1.165) is 16.7 Å². The Kier molecular flexibility index (Phi) is 5.84. The lowest BCUT2D eigenvalue weighted by molar-refractivity contribution is -0.126. The van der Waals surface area contributed by atoms with E-state index < -0.39 is 0 Å². The molecule has 3 aromatic carbocycles. The highest BCUT2D eigenvalue weighted by atomic mass is 16.2. The second-order valence-corrected chi connectivity index (χ2v) is 8.18. The number of rotatable bonds is 4. The number of hydrogen-bond acceptors (Lipinski definition) is 2. The molecule has 1 atom stereocenters. The molecule has 0 aromatic heterocycles. The zero-order chi connectivity index (χ0) is 21.1. The summed E-state index contributed by atoms with van der Waals surface area (Å²) >= 11 is 0. The molecular formula is C26H28N2O2. The number of piperidine rings is 1. The summed E-state index contributed by atoms with van der Waals surface area (Å²) in [5.41, 5.74) is 2.88. The van der Waals surface area contributed by atoms with Crippen LogP contribution in [-0.4, -0.2) is 29.8 Å². The van der Waals surface area contributed by atoms with E-state index in [1.165, 1.54) is 10.8 Å². The minimum absolute atomic E-state index is 0.0525. The van der Waals surface area contributed by atoms with Crippen LogP contribution in [0.3, 0.4) is 0 Å². The zero-order valence-corrected chi connectivity index (χ0v) is 17.6. The number of nitrogens with zero attached hydrogens (tertiary/aromatic N) is 1. The SMILES string of the molecule is Cc1ccccc1C(=O)N1CCC(C(=O)N[C@H](C)c2cccc3ccccc23)CC1. The minimum atomic E-state index is -0.0600. The Labute approximate surface area is 177 Å². The van der Waals surface area contributed by atoms with Crippen molar-refractivity contribution in [3.8, 4) is 0 Å². The topological polar surface area (TPSA) is 49.4 Å². The highest BCUT2D eigenvalue weighted by Crippen LogP contribution is 2.26. The average molecular weight is 401 g/mol. The monoisotopic (exact) mass is 400 g/mol. The van der Waals surface area contributed by atoms with Crippen LogP contribution in [0.15, 0.2) is 66.7 Å². The molecule has 0 aliphatic carbocycles. The zero-order valence-electron chi connectivity index (χ0n) is 17.6. The van der Waals surface area contributed by atoms with Gasteiger partial charge in [-0.25, -0.2) is 0 Å². The maximum atomic E-state index is 12.9. The molecule has 1 aliphatic heterocycles. The Morgan fingerprint density at radius 2 is 1.60 bits per heavy atom. The molecule has 0 radical (unpaired) electrons. The van der Waals surface area contributed by atoms with Gasteiger partial charge in [0.2, 0.25) is 5.91 Å². The van der Waals surface area contributed by atoms with Gasteiger partial charge in [0.15, 0.2) is 0 Å². The molecule has 1 heterocycles. The van der Waals surface area contributed by atoms with E-state index in [4.69, 9.17) is 0 Å². The summed E-state index contributed by atoms with van der Waals surface area (Å²) in [6, 6.07) is 22.1. The lowest BCUT2D eigenvalue weighted by Crippen LogP contribution is -2.43. The van der Waals surface area contributed by atoms with E-state index >= 15 is 0 Å². The van der Waals surface area contributed by atoms with Crippen molar-refractivity contribution < 1.29 is 9.59 Å². The Morgan fingerprint density at radius 1 is 0.933 bits per heavy atom. The van der Waals surface area contributed by atoms with Crippen molar-refractivity contribution in [2.45, 2.75) is 32.7 Å². The molecule has 4 rings (SSSR count). The number of amides is 2. The summed E-state index contributed by atoms with van der Waals surface area (Å²) in [6.45, 7) is 5.24. The molecule has 0 bridgehead atoms. The van der Waals surface area contributed by atoms with Gasteiger partial charge >= 0.3 is 0 Å². The van der Waals surface area contributed by atoms with Gasteiger partial charge < -0.3 is 10.2 Å². The molecule has 2 amide bonds. The van der Waals surface area contributed by atoms with Crippen molar-refractivity contribution in [1.82, 2.24) is 10.2 Å². The normalized spacial score (nSPS) is 15.7. The van der Waals surface area contributed by atoms with Gasteiger partial charge in [-0.1, -0.05) is 60.7 Å². The van der Waals surface area contributed by atoms with E-state index in [1.54, 1.807) is 0 Å². The van der Waals surface area contributed by atoms with Gasteiger partial charge in [-0.05, 0) is 54.7 Å². The van der Waals surface area contributed by atoms with E-state index in [9.17, 15) is 9.59 Å². The molecule has 154 valence electrons. The third-order valence-electron chi connectivity index (χ3n) is 6.18. The summed E-state index contributed by atoms with van der Waals surface area (Å²) in [4.78, 5) is 27.6. The van der Waals surface area contributed by atoms with Gasteiger partial charge in [0.05, 0.1) is 6.04 Å². The fourth-order valence-electron chi connectivity index (χ4n) is 4.37. The number of benzene rings is 3. The van der Waals surface area contributed by atoms with Gasteiger partial charge in [-0.15, -0.1) is 0 Å². The first-order valence-corrected chi connectivity index (χ1v) is 10.7. The molecule has 0 saturated carbocycles. The van der Waals surface area contributed by atoms with Crippen LogP contribution < -0.4 is 5.32 Å². The van der Waals surface area contributed by atoms with Crippen LogP contribution in [0.2, 0.25) is 0 Å². The van der Waals surface area contributed by atoms with Gasteiger partial charge in [0.1, 0.15) is 0 Å². The van der Waals surface area contributed by atoms with E-state index in [0.29, 0.717) is 25.9 Å². The molecule has 1 aliphatic rings. The predicted molar refractivity (Wildman–Crippen MR) is 120 cm³/mol. The Balaban J connectivity index is 1.37. The number of nitrogens with one attached hydrogen (secondary N) is 1. The molecule has 3 aromatic rings. The smallest absolute Gasteiger partial charge is 0.254 e. The van der Waals surface area contributed by atoms with E-state index in [1.807, 2.05) is 61.2 Å². The van der Waals surface area contributed by atoms with Crippen LogP contribution in [0.4, 0.5) is 0 Å². The number of carbonyl (C=O) groups is 2. The van der Waals surface area contributed by atoms with Crippen LogP contribution >= 0.6 is 0 Å². The van der Waals surface area contributed by atoms with Crippen molar-refractivity contribution in [2.75, 3.05) is 13.1 Å². The van der Waals surface area contributed by atoms with Crippen LogP contribution in [-0.2, 0) is 4.79 Å². The first-order chi connectivity index (χ1) is 14.5. The van der Waals surface area contributed by atoms with Gasteiger partial charge in [-0.2, -0.15) is 0 Å². The quantitative estimate of drug-likeness (QED) is 0.679. The van der Waals surface area contributed by atoms with Crippen LogP contribution in [0.1, 0.15) is 47.3 Å². The largest absolute Gasteiger partial charge is 0.349 e. The third-order valence-corrected chi connectivity index (χ3v) is 6.18. The predicted octanol–water partition coefficient (Wildman–Crippen LogP) is 4.88. The lowest BCUT2D eigenvalue weighted by Gasteiger charge is -2.32. The second-order valence-electron chi connectivity index (χ2n) is 8.18. The minimum Gasteiger partial charge on any atom is -0.349 e. The number of hydrogen-bond donors (Lipinski definition) is 1. The third kappa shape index (κ3) is 4.09. The summed E-state index contributed by atoms with van der Waals surface area (Å²) in [7, 11) is 0. The molecular weight excluding hydrogens is 372 g/mol. The summed E-state index contributed by atoms with van der Waals surface area (Å²) in [5.74, 6) is 0.0952. The number of fused-ring (bicyclic) bond motifs is 1. The van der Waals surface area contributed by atoms with Crippen LogP contribution in [0, 0.1) is 12.8 Å². The number of likely N-dealkylation sites (tertiary alicyclic amines) is 1. The van der Waals surface area contributed by atoms with Crippen molar-refractivity contribution in [3.05, 3.63) is 83.4 Å². The maximum Gasteiger partial charge on any atom is 0.254 e. The van der Waals surface area contributed by atoms with E-state index in [-0.39, 0.29) is 23.8 Å². The van der Waals surface area contributed by atoms with Gasteiger partial charge in [0.25, 0.3) is 5.91 Å². The highest BCUT2D eigenvalue weighted by Gasteiger charge is 2.29. The Morgan fingerprint density at radius 3 is 2.37 bits per heavy atom. The molecule has 1 fully saturated rings. The molecule has 0 spiro atoms. The molecule has 1 saturated heterocycles. The van der Waals surface area contributed by atoms with Crippen LogP contribution in [0.25, 0.3) is 10.8 Å². The first-order valence-electron chi connectivity index (χ1n) is 10.7. The van der Waals surface area contributed by atoms with Crippen molar-refractivity contribution in [1.29, 1.82) is 0 Å². The summed E-state index contributed by atoms with van der Waals surface area (Å²) < 4.78 is 0. The maximum absolute atomic E-state index is 12.9. The standard InChI is InChI=1S/C26H28N2O2/c1-18-8-3-5-11-22(18)26(30)28-16-14-21(15-17-28)25(29)27-19(2)23-13-7-10-20-9-4-6-12-24(20)23/h3-13,19,21H,14-17H2,1-2H3,(H,27,29)/t19-/m1/s1. The van der Waals surface area contributed by atoms with Crippen molar-refractivity contribution in [3.63, 3.8) is 0 Å². The molecule has 4 nitrogen and oxygen atoms in total. The first kappa shape index (κ1) is 20.1. The fourth-order valence-corrected chi connectivity index (χ4v) is 4.37. The van der Waals surface area contributed by atoms with Gasteiger partial charge in [-0.3, -0.25) is 9.59 Å². The summed E-state index contributed by atoms with van der Waals surface area (Å²) in [5, 5.41) is 5.55. The number of carbonyl (C=O) groups excluding carboxylic acids is 2. The van der Waals surface area contributed by atoms with E-state index in [2.05, 4.69) is 29.6 Å². The molecule has 4 heteroatoms. The average Bonchev–Trinajstić information content (AvgIpc) is 2.78. The number of aryl methyl sites for hydroxylation is 1. The Hall–Kier alpha value is -3.14. The van der Waals surface area contributed by atoms with Crippen LogP contribution in [0.5, 0.6) is 0 Å². The second kappa shape index (κ2) is 8.70. The molecule has 0 unspecified atom stereocenters. The summed E-state index contributed by atoms with van der Waals surface area (Å²) in [6.07, 6.45) is 1.40. The molecule has 1 N–H and O–H groups in total. The fraction of sp³-hybridized carbons (Fsp3) is 0.308.